The van der Waals surface area contributed by atoms with Crippen LogP contribution < -0.4 is 5.32 Å². The number of rotatable bonds is 6. The van der Waals surface area contributed by atoms with Crippen molar-refractivity contribution >= 4 is 12.1 Å². The molecule has 0 aromatic carbocycles. The molecule has 2 atom stereocenters. The van der Waals surface area contributed by atoms with Gasteiger partial charge in [0, 0.05) is 0 Å². The molecule has 19 heavy (non-hydrogen) atoms. The molecule has 6 nitrogen and oxygen atoms in total. The number of methoxy groups -OCH3 is 1. The number of carbonyl (C=O) groups excluding carboxylic acids is 2. The highest BCUT2D eigenvalue weighted by molar-refractivity contribution is 5.76. The minimum atomic E-state index is -1.39. The van der Waals surface area contributed by atoms with Gasteiger partial charge in [0.05, 0.1) is 13.2 Å². The van der Waals surface area contributed by atoms with Crippen LogP contribution in [0.3, 0.4) is 0 Å². The first-order valence-electron chi connectivity index (χ1n) is 6.46. The second-order valence-electron chi connectivity index (χ2n) is 5.36. The maximum absolute atomic E-state index is 11.7. The van der Waals surface area contributed by atoms with Crippen LogP contribution in [0.2, 0.25) is 0 Å². The van der Waals surface area contributed by atoms with Gasteiger partial charge in [0.25, 0.3) is 0 Å². The first-order chi connectivity index (χ1) is 8.71. The predicted molar refractivity (Wildman–Crippen MR) is 70.7 cm³/mol. The molecule has 112 valence electrons. The smallest absolute Gasteiger partial charge is 0.407 e. The van der Waals surface area contributed by atoms with E-state index < -0.39 is 29.8 Å². The standard InChI is InChI=1S/C13H25NO5/c1-6-7-8-9(10(15)11(16)18-5)14-12(17)19-13(2,3)4/h9-10,15H,6-8H2,1-5H3,(H,14,17)/t9-,10-/m1/s1. The Labute approximate surface area is 114 Å². The van der Waals surface area contributed by atoms with Gasteiger partial charge in [0.15, 0.2) is 6.10 Å². The van der Waals surface area contributed by atoms with E-state index in [1.54, 1.807) is 20.8 Å². The van der Waals surface area contributed by atoms with Crippen LogP contribution in [0.15, 0.2) is 0 Å². The minimum Gasteiger partial charge on any atom is -0.467 e. The molecule has 0 aliphatic heterocycles. The highest BCUT2D eigenvalue weighted by Gasteiger charge is 2.29. The van der Waals surface area contributed by atoms with Gasteiger partial charge < -0.3 is 19.9 Å². The highest BCUT2D eigenvalue weighted by atomic mass is 16.6. The number of hydrogen-bond acceptors (Lipinski definition) is 5. The van der Waals surface area contributed by atoms with Crippen LogP contribution in [-0.2, 0) is 14.3 Å². The second kappa shape index (κ2) is 7.99. The Balaban J connectivity index is 4.58. The van der Waals surface area contributed by atoms with Crippen LogP contribution in [0.25, 0.3) is 0 Å². The summed E-state index contributed by atoms with van der Waals surface area (Å²) in [6, 6.07) is -0.706. The summed E-state index contributed by atoms with van der Waals surface area (Å²) >= 11 is 0. The summed E-state index contributed by atoms with van der Waals surface area (Å²) in [5.74, 6) is -0.767. The molecular formula is C13H25NO5. The molecule has 0 aliphatic carbocycles. The maximum atomic E-state index is 11.7. The summed E-state index contributed by atoms with van der Waals surface area (Å²) in [6.45, 7) is 7.20. The molecule has 2 N–H and O–H groups in total. The Hall–Kier alpha value is -1.30. The van der Waals surface area contributed by atoms with Crippen LogP contribution >= 0.6 is 0 Å². The Morgan fingerprint density at radius 2 is 1.89 bits per heavy atom. The number of aliphatic hydroxyl groups is 1. The van der Waals surface area contributed by atoms with E-state index in [1.807, 2.05) is 6.92 Å². The second-order valence-corrected chi connectivity index (χ2v) is 5.36. The number of alkyl carbamates (subject to hydrolysis) is 1. The first-order valence-corrected chi connectivity index (χ1v) is 6.46. The van der Waals surface area contributed by atoms with Crippen molar-refractivity contribution in [2.24, 2.45) is 0 Å². The molecule has 0 bridgehead atoms. The van der Waals surface area contributed by atoms with Crippen molar-refractivity contribution in [1.29, 1.82) is 0 Å². The Kier molecular flexibility index (Phi) is 7.44. The van der Waals surface area contributed by atoms with Gasteiger partial charge in [0.2, 0.25) is 0 Å². The lowest BCUT2D eigenvalue weighted by Crippen LogP contribution is -2.48. The van der Waals surface area contributed by atoms with Gasteiger partial charge in [-0.2, -0.15) is 0 Å². The third kappa shape index (κ3) is 7.66. The van der Waals surface area contributed by atoms with E-state index >= 15 is 0 Å². The molecule has 0 unspecified atom stereocenters. The van der Waals surface area contributed by atoms with Crippen LogP contribution in [0, 0.1) is 0 Å². The molecule has 0 aromatic rings. The van der Waals surface area contributed by atoms with Gasteiger partial charge in [-0.05, 0) is 27.2 Å². The first kappa shape index (κ1) is 17.7. The van der Waals surface area contributed by atoms with E-state index in [-0.39, 0.29) is 0 Å². The Bertz CT molecular complexity index is 298. The number of unbranched alkanes of at least 4 members (excludes halogenated alkanes) is 1. The number of ether oxygens (including phenoxy) is 2. The molecule has 0 rings (SSSR count). The van der Waals surface area contributed by atoms with Crippen molar-refractivity contribution in [3.63, 3.8) is 0 Å². The van der Waals surface area contributed by atoms with Gasteiger partial charge in [0.1, 0.15) is 5.60 Å². The summed E-state index contributed by atoms with van der Waals surface area (Å²) in [5, 5.41) is 12.3. The zero-order chi connectivity index (χ0) is 15.1. The third-order valence-corrected chi connectivity index (χ3v) is 2.39. The van der Waals surface area contributed by atoms with E-state index in [1.165, 1.54) is 7.11 Å². The summed E-state index contributed by atoms with van der Waals surface area (Å²) in [7, 11) is 1.19. The van der Waals surface area contributed by atoms with Crippen LogP contribution in [0.1, 0.15) is 47.0 Å². The zero-order valence-corrected chi connectivity index (χ0v) is 12.4. The summed E-state index contributed by atoms with van der Waals surface area (Å²) < 4.78 is 9.57. The molecule has 0 aromatic heterocycles. The monoisotopic (exact) mass is 275 g/mol. The quantitative estimate of drug-likeness (QED) is 0.719. The van der Waals surface area contributed by atoms with Gasteiger partial charge in [-0.15, -0.1) is 0 Å². The lowest BCUT2D eigenvalue weighted by Gasteiger charge is -2.25. The van der Waals surface area contributed by atoms with E-state index in [2.05, 4.69) is 10.1 Å². The van der Waals surface area contributed by atoms with Crippen molar-refractivity contribution in [3.8, 4) is 0 Å². The van der Waals surface area contributed by atoms with E-state index in [9.17, 15) is 14.7 Å². The number of aliphatic hydroxyl groups excluding tert-OH is 1. The normalized spacial score (nSPS) is 14.4. The number of carbonyl (C=O) groups is 2. The topological polar surface area (TPSA) is 84.9 Å². The molecule has 0 spiro atoms. The molecule has 0 saturated carbocycles. The molecule has 0 saturated heterocycles. The lowest BCUT2D eigenvalue weighted by atomic mass is 10.0. The molecule has 6 heteroatoms. The molecule has 0 fully saturated rings. The molecular weight excluding hydrogens is 250 g/mol. The van der Waals surface area contributed by atoms with Gasteiger partial charge in [-0.3, -0.25) is 0 Å². The van der Waals surface area contributed by atoms with Gasteiger partial charge >= 0.3 is 12.1 Å². The lowest BCUT2D eigenvalue weighted by molar-refractivity contribution is -0.152. The predicted octanol–water partition coefficient (Wildman–Crippen LogP) is 1.60. The Morgan fingerprint density at radius 3 is 2.32 bits per heavy atom. The van der Waals surface area contributed by atoms with Crippen LogP contribution in [-0.4, -0.2) is 42.0 Å². The van der Waals surface area contributed by atoms with Crippen molar-refractivity contribution < 1.29 is 24.2 Å². The van der Waals surface area contributed by atoms with Crippen molar-refractivity contribution in [2.75, 3.05) is 7.11 Å². The van der Waals surface area contributed by atoms with Crippen LogP contribution in [0.5, 0.6) is 0 Å². The van der Waals surface area contributed by atoms with E-state index in [0.29, 0.717) is 6.42 Å². The van der Waals surface area contributed by atoms with E-state index in [0.717, 1.165) is 12.8 Å². The SMILES string of the molecule is CCCC[C@@H](NC(=O)OC(C)(C)C)[C@@H](O)C(=O)OC. The van der Waals surface area contributed by atoms with E-state index in [4.69, 9.17) is 4.74 Å². The fraction of sp³-hybridized carbons (Fsp3) is 0.846. The molecule has 0 radical (unpaired) electrons. The number of nitrogens with one attached hydrogen (secondary N) is 1. The highest BCUT2D eigenvalue weighted by Crippen LogP contribution is 2.10. The maximum Gasteiger partial charge on any atom is 0.407 e. The number of esters is 1. The fourth-order valence-electron chi connectivity index (χ4n) is 1.48. The number of amides is 1. The third-order valence-electron chi connectivity index (χ3n) is 2.39. The molecule has 0 heterocycles. The average Bonchev–Trinajstić information content (AvgIpc) is 2.30. The minimum absolute atomic E-state index is 0.478. The largest absolute Gasteiger partial charge is 0.467 e. The number of hydrogen-bond donors (Lipinski definition) is 2. The summed E-state index contributed by atoms with van der Waals surface area (Å²) in [6.07, 6.45) is 0.0987. The Morgan fingerprint density at radius 1 is 1.32 bits per heavy atom. The van der Waals surface area contributed by atoms with Gasteiger partial charge in [-0.25, -0.2) is 9.59 Å². The van der Waals surface area contributed by atoms with Crippen molar-refractivity contribution in [3.05, 3.63) is 0 Å². The fourth-order valence-corrected chi connectivity index (χ4v) is 1.48. The summed E-state index contributed by atoms with van der Waals surface area (Å²) in [5.41, 5.74) is -0.629. The summed E-state index contributed by atoms with van der Waals surface area (Å²) in [4.78, 5) is 23.0. The van der Waals surface area contributed by atoms with Gasteiger partial charge in [-0.1, -0.05) is 19.8 Å². The van der Waals surface area contributed by atoms with Crippen LogP contribution in [0.4, 0.5) is 4.79 Å². The molecule has 1 amide bonds. The molecule has 0 aliphatic rings. The van der Waals surface area contributed by atoms with Crippen molar-refractivity contribution in [1.82, 2.24) is 5.32 Å². The van der Waals surface area contributed by atoms with Crippen molar-refractivity contribution in [2.45, 2.75) is 64.7 Å². The zero-order valence-electron chi connectivity index (χ0n) is 12.4. The average molecular weight is 275 g/mol.